The van der Waals surface area contributed by atoms with Gasteiger partial charge in [-0.2, -0.15) is 0 Å². The van der Waals surface area contributed by atoms with E-state index in [4.69, 9.17) is 4.74 Å². The van der Waals surface area contributed by atoms with Crippen molar-refractivity contribution in [3.8, 4) is 0 Å². The van der Waals surface area contributed by atoms with E-state index in [9.17, 15) is 0 Å². The number of nitrogens with one attached hydrogen (secondary N) is 2. The molecule has 0 radical (unpaired) electrons. The fourth-order valence-electron chi connectivity index (χ4n) is 3.26. The van der Waals surface area contributed by atoms with Crippen molar-refractivity contribution in [3.63, 3.8) is 0 Å². The fraction of sp³-hybridized carbons (Fsp3) is 0.778. The molecule has 1 aliphatic rings. The second-order valence-electron chi connectivity index (χ2n) is 6.82. The summed E-state index contributed by atoms with van der Waals surface area (Å²) in [6, 6.07) is 0. The lowest BCUT2D eigenvalue weighted by Crippen LogP contribution is -2.47. The highest BCUT2D eigenvalue weighted by atomic mass is 127. The first-order valence-electron chi connectivity index (χ1n) is 9.10. The molecule has 0 spiro atoms. The number of guanidine groups is 1. The molecule has 144 valence electrons. The second kappa shape index (κ2) is 11.7. The molecule has 1 aliphatic carbocycles. The van der Waals surface area contributed by atoms with Gasteiger partial charge in [0.2, 0.25) is 0 Å². The lowest BCUT2D eigenvalue weighted by molar-refractivity contribution is 0.0732. The Morgan fingerprint density at radius 3 is 2.72 bits per heavy atom. The number of methoxy groups -OCH3 is 1. The van der Waals surface area contributed by atoms with Gasteiger partial charge in [0, 0.05) is 52.8 Å². The molecule has 0 atom stereocenters. The van der Waals surface area contributed by atoms with Gasteiger partial charge < -0.3 is 19.9 Å². The van der Waals surface area contributed by atoms with Crippen LogP contribution in [0.3, 0.4) is 0 Å². The molecule has 0 saturated heterocycles. The average molecular weight is 463 g/mol. The Bertz CT molecular complexity index is 513. The van der Waals surface area contributed by atoms with E-state index in [-0.39, 0.29) is 24.0 Å². The van der Waals surface area contributed by atoms with Gasteiger partial charge in [-0.05, 0) is 44.4 Å². The summed E-state index contributed by atoms with van der Waals surface area (Å²) in [5, 5.41) is 6.93. The van der Waals surface area contributed by atoms with Gasteiger partial charge in [-0.1, -0.05) is 6.42 Å². The third-order valence-electron chi connectivity index (χ3n) is 5.15. The van der Waals surface area contributed by atoms with Crippen LogP contribution in [0.4, 0.5) is 0 Å². The Morgan fingerprint density at radius 2 is 2.16 bits per heavy atom. The van der Waals surface area contributed by atoms with Crippen LogP contribution in [0.1, 0.15) is 44.3 Å². The summed E-state index contributed by atoms with van der Waals surface area (Å²) in [4.78, 5) is 8.59. The van der Waals surface area contributed by atoms with Crippen LogP contribution in [0, 0.1) is 12.3 Å². The minimum absolute atomic E-state index is 0. The number of halogens is 1. The number of ether oxygens (including phenoxy) is 1. The van der Waals surface area contributed by atoms with Gasteiger partial charge in [-0.25, -0.2) is 4.98 Å². The van der Waals surface area contributed by atoms with E-state index in [1.807, 2.05) is 26.4 Å². The summed E-state index contributed by atoms with van der Waals surface area (Å²) in [5.74, 6) is 2.00. The fourth-order valence-corrected chi connectivity index (χ4v) is 3.26. The lowest BCUT2D eigenvalue weighted by Gasteiger charge is -2.42. The molecule has 1 aromatic rings. The Kier molecular flexibility index (Phi) is 10.4. The van der Waals surface area contributed by atoms with Gasteiger partial charge in [0.05, 0.1) is 0 Å². The predicted molar refractivity (Wildman–Crippen MR) is 114 cm³/mol. The highest BCUT2D eigenvalue weighted by Crippen LogP contribution is 2.43. The largest absolute Gasteiger partial charge is 0.385 e. The van der Waals surface area contributed by atoms with Crippen molar-refractivity contribution in [2.45, 2.75) is 52.0 Å². The van der Waals surface area contributed by atoms with E-state index in [0.717, 1.165) is 57.3 Å². The third-order valence-corrected chi connectivity index (χ3v) is 5.15. The van der Waals surface area contributed by atoms with Crippen LogP contribution < -0.4 is 10.6 Å². The molecule has 1 aromatic heterocycles. The minimum atomic E-state index is 0. The topological polar surface area (TPSA) is 63.5 Å². The molecule has 0 aromatic carbocycles. The van der Waals surface area contributed by atoms with Gasteiger partial charge >= 0.3 is 0 Å². The van der Waals surface area contributed by atoms with Gasteiger partial charge in [-0.3, -0.25) is 4.99 Å². The van der Waals surface area contributed by atoms with Crippen LogP contribution in [-0.4, -0.2) is 49.4 Å². The highest BCUT2D eigenvalue weighted by Gasteiger charge is 2.36. The molecule has 25 heavy (non-hydrogen) atoms. The van der Waals surface area contributed by atoms with Crippen LogP contribution in [0.2, 0.25) is 0 Å². The lowest BCUT2D eigenvalue weighted by atomic mass is 9.67. The number of unbranched alkanes of at least 4 members (excludes halogenated alkanes) is 1. The monoisotopic (exact) mass is 463 g/mol. The Hall–Kier alpha value is -0.830. The van der Waals surface area contributed by atoms with E-state index >= 15 is 0 Å². The number of hydrogen-bond acceptors (Lipinski definition) is 3. The summed E-state index contributed by atoms with van der Waals surface area (Å²) in [7, 11) is 3.62. The first-order valence-corrected chi connectivity index (χ1v) is 9.10. The molecular weight excluding hydrogens is 429 g/mol. The Balaban J connectivity index is 0.00000312. The zero-order chi connectivity index (χ0) is 17.3. The van der Waals surface area contributed by atoms with Crippen LogP contribution in [0.25, 0.3) is 0 Å². The molecule has 0 aliphatic heterocycles. The second-order valence-corrected chi connectivity index (χ2v) is 6.82. The molecule has 2 rings (SSSR count). The molecule has 1 heterocycles. The van der Waals surface area contributed by atoms with E-state index < -0.39 is 0 Å². The van der Waals surface area contributed by atoms with Crippen molar-refractivity contribution >= 4 is 29.9 Å². The van der Waals surface area contributed by atoms with Crippen molar-refractivity contribution in [3.05, 3.63) is 18.2 Å². The van der Waals surface area contributed by atoms with Crippen LogP contribution in [-0.2, 0) is 11.3 Å². The summed E-state index contributed by atoms with van der Waals surface area (Å²) in [6.45, 7) is 5.85. The van der Waals surface area contributed by atoms with Gasteiger partial charge in [-0.15, -0.1) is 24.0 Å². The molecule has 0 unspecified atom stereocenters. The molecular formula is C18H34IN5O. The number of hydrogen-bond donors (Lipinski definition) is 2. The maximum atomic E-state index is 5.26. The summed E-state index contributed by atoms with van der Waals surface area (Å²) in [5.41, 5.74) is 0.409. The molecule has 2 N–H and O–H groups in total. The van der Waals surface area contributed by atoms with Crippen molar-refractivity contribution in [2.75, 3.05) is 33.9 Å². The SMILES string of the molecule is CN=C(NCCCCn1ccnc1C)NCC1(CCOC)CCC1.I. The normalized spacial score (nSPS) is 16.0. The van der Waals surface area contributed by atoms with E-state index in [2.05, 4.69) is 25.2 Å². The standard InChI is InChI=1S/C18H33N5O.HI/c1-16-20-11-13-23(16)12-5-4-10-21-17(19-2)22-15-18(7-6-8-18)9-14-24-3;/h11,13H,4-10,12,14-15H2,1-3H3,(H2,19,21,22);1H. The zero-order valence-electron chi connectivity index (χ0n) is 15.9. The third kappa shape index (κ3) is 7.13. The number of aromatic nitrogens is 2. The molecule has 6 nitrogen and oxygen atoms in total. The predicted octanol–water partition coefficient (Wildman–Crippen LogP) is 2.96. The maximum Gasteiger partial charge on any atom is 0.190 e. The Morgan fingerprint density at radius 1 is 1.36 bits per heavy atom. The van der Waals surface area contributed by atoms with Crippen LogP contribution in [0.15, 0.2) is 17.4 Å². The zero-order valence-corrected chi connectivity index (χ0v) is 18.2. The van der Waals surface area contributed by atoms with Crippen molar-refractivity contribution in [1.82, 2.24) is 20.2 Å². The van der Waals surface area contributed by atoms with E-state index in [0.29, 0.717) is 5.41 Å². The number of imidazole rings is 1. The first kappa shape index (κ1) is 22.2. The minimum Gasteiger partial charge on any atom is -0.385 e. The first-order chi connectivity index (χ1) is 11.7. The Labute approximate surface area is 169 Å². The number of aliphatic imine (C=N–C) groups is 1. The van der Waals surface area contributed by atoms with Gasteiger partial charge in [0.1, 0.15) is 5.82 Å². The van der Waals surface area contributed by atoms with Gasteiger partial charge in [0.15, 0.2) is 5.96 Å². The van der Waals surface area contributed by atoms with Crippen LogP contribution >= 0.6 is 24.0 Å². The highest BCUT2D eigenvalue weighted by molar-refractivity contribution is 14.0. The maximum absolute atomic E-state index is 5.26. The van der Waals surface area contributed by atoms with Crippen molar-refractivity contribution < 1.29 is 4.74 Å². The average Bonchev–Trinajstić information content (AvgIpc) is 2.96. The smallest absolute Gasteiger partial charge is 0.190 e. The van der Waals surface area contributed by atoms with Gasteiger partial charge in [0.25, 0.3) is 0 Å². The summed E-state index contributed by atoms with van der Waals surface area (Å²) >= 11 is 0. The summed E-state index contributed by atoms with van der Waals surface area (Å²) < 4.78 is 7.45. The molecule has 0 bridgehead atoms. The number of aryl methyl sites for hydroxylation is 2. The number of nitrogens with zero attached hydrogens (tertiary/aromatic N) is 3. The van der Waals surface area contributed by atoms with Crippen molar-refractivity contribution in [2.24, 2.45) is 10.4 Å². The molecule has 7 heteroatoms. The molecule has 1 saturated carbocycles. The molecule has 0 amide bonds. The molecule has 1 fully saturated rings. The van der Waals surface area contributed by atoms with Crippen molar-refractivity contribution in [1.29, 1.82) is 0 Å². The van der Waals surface area contributed by atoms with E-state index in [1.54, 1.807) is 7.11 Å². The van der Waals surface area contributed by atoms with Crippen LogP contribution in [0.5, 0.6) is 0 Å². The quantitative estimate of drug-likeness (QED) is 0.243. The van der Waals surface area contributed by atoms with E-state index in [1.165, 1.54) is 19.3 Å². The number of rotatable bonds is 10. The summed E-state index contributed by atoms with van der Waals surface area (Å²) in [6.07, 6.45) is 11.2.